The van der Waals surface area contributed by atoms with Gasteiger partial charge in [0.05, 0.1) is 12.1 Å². The van der Waals surface area contributed by atoms with Crippen LogP contribution in [0.15, 0.2) is 36.4 Å². The lowest BCUT2D eigenvalue weighted by atomic mass is 10.0. The average molecular weight is 253 g/mol. The third-order valence-corrected chi connectivity index (χ3v) is 2.68. The van der Waals surface area contributed by atoms with Gasteiger partial charge >= 0.3 is 0 Å². The van der Waals surface area contributed by atoms with E-state index in [9.17, 15) is 9.50 Å². The van der Waals surface area contributed by atoms with Crippen LogP contribution in [-0.4, -0.2) is 12.2 Å². The molecule has 1 N–H and O–H groups in total. The van der Waals surface area contributed by atoms with E-state index in [0.29, 0.717) is 16.9 Å². The standard InChI is InChI=1S/C13H10ClFO2/c1-17-10-6-8(5-9(16)7-10)11-3-2-4-12(14)13(11)15/h2-7,16H,1H3. The van der Waals surface area contributed by atoms with Crippen molar-refractivity contribution >= 4 is 11.6 Å². The highest BCUT2D eigenvalue weighted by atomic mass is 35.5. The zero-order chi connectivity index (χ0) is 12.4. The number of hydrogen-bond acceptors (Lipinski definition) is 2. The molecule has 0 aliphatic rings. The van der Waals surface area contributed by atoms with Gasteiger partial charge in [-0.15, -0.1) is 0 Å². The number of rotatable bonds is 2. The first-order valence-corrected chi connectivity index (χ1v) is 5.32. The number of hydrogen-bond donors (Lipinski definition) is 1. The summed E-state index contributed by atoms with van der Waals surface area (Å²) in [6, 6.07) is 9.25. The lowest BCUT2D eigenvalue weighted by Crippen LogP contribution is -1.88. The van der Waals surface area contributed by atoms with Gasteiger partial charge in [0.25, 0.3) is 0 Å². The van der Waals surface area contributed by atoms with Gasteiger partial charge in [0.15, 0.2) is 0 Å². The van der Waals surface area contributed by atoms with Gasteiger partial charge in [0.2, 0.25) is 0 Å². The lowest BCUT2D eigenvalue weighted by molar-refractivity contribution is 0.408. The monoisotopic (exact) mass is 252 g/mol. The third kappa shape index (κ3) is 2.34. The summed E-state index contributed by atoms with van der Waals surface area (Å²) in [5.74, 6) is -0.0417. The normalized spacial score (nSPS) is 10.3. The van der Waals surface area contributed by atoms with Crippen LogP contribution in [-0.2, 0) is 0 Å². The molecular formula is C13H10ClFO2. The van der Waals surface area contributed by atoms with Crippen LogP contribution in [0, 0.1) is 5.82 Å². The summed E-state index contributed by atoms with van der Waals surface area (Å²) in [5.41, 5.74) is 0.841. The van der Waals surface area contributed by atoms with E-state index < -0.39 is 5.82 Å². The SMILES string of the molecule is COc1cc(O)cc(-c2cccc(Cl)c2F)c1. The van der Waals surface area contributed by atoms with Crippen LogP contribution in [0.5, 0.6) is 11.5 Å². The Labute approximate surface area is 103 Å². The highest BCUT2D eigenvalue weighted by molar-refractivity contribution is 6.31. The first-order chi connectivity index (χ1) is 8.11. The molecule has 0 heterocycles. The summed E-state index contributed by atoms with van der Waals surface area (Å²) in [7, 11) is 1.48. The molecule has 4 heteroatoms. The fourth-order valence-corrected chi connectivity index (χ4v) is 1.76. The Morgan fingerprint density at radius 1 is 1.24 bits per heavy atom. The Balaban J connectivity index is 2.60. The van der Waals surface area contributed by atoms with Gasteiger partial charge in [0.1, 0.15) is 17.3 Å². The molecule has 2 rings (SSSR count). The van der Waals surface area contributed by atoms with E-state index in [-0.39, 0.29) is 10.8 Å². The highest BCUT2D eigenvalue weighted by Gasteiger charge is 2.10. The van der Waals surface area contributed by atoms with Crippen molar-refractivity contribution in [3.8, 4) is 22.6 Å². The smallest absolute Gasteiger partial charge is 0.149 e. The molecule has 0 unspecified atom stereocenters. The van der Waals surface area contributed by atoms with Crippen molar-refractivity contribution in [2.75, 3.05) is 7.11 Å². The molecular weight excluding hydrogens is 243 g/mol. The summed E-state index contributed by atoms with van der Waals surface area (Å²) >= 11 is 5.71. The molecule has 2 aromatic rings. The van der Waals surface area contributed by atoms with Gasteiger partial charge in [-0.05, 0) is 23.8 Å². The maximum Gasteiger partial charge on any atom is 0.149 e. The summed E-state index contributed by atoms with van der Waals surface area (Å²) in [4.78, 5) is 0. The summed E-state index contributed by atoms with van der Waals surface area (Å²) < 4.78 is 18.8. The van der Waals surface area contributed by atoms with E-state index in [1.165, 1.54) is 25.3 Å². The third-order valence-electron chi connectivity index (χ3n) is 2.39. The van der Waals surface area contributed by atoms with Crippen molar-refractivity contribution < 1.29 is 14.2 Å². The molecule has 2 nitrogen and oxygen atoms in total. The topological polar surface area (TPSA) is 29.5 Å². The Hall–Kier alpha value is -1.74. The zero-order valence-electron chi connectivity index (χ0n) is 9.08. The Morgan fingerprint density at radius 3 is 2.71 bits per heavy atom. The number of benzene rings is 2. The van der Waals surface area contributed by atoms with E-state index in [2.05, 4.69) is 0 Å². The number of phenols is 1. The van der Waals surface area contributed by atoms with E-state index in [4.69, 9.17) is 16.3 Å². The minimum atomic E-state index is -0.512. The predicted molar refractivity (Wildman–Crippen MR) is 65.1 cm³/mol. The van der Waals surface area contributed by atoms with Crippen molar-refractivity contribution in [3.63, 3.8) is 0 Å². The molecule has 0 saturated carbocycles. The Kier molecular flexibility index (Phi) is 3.20. The van der Waals surface area contributed by atoms with Crippen LogP contribution >= 0.6 is 11.6 Å². The zero-order valence-corrected chi connectivity index (χ0v) is 9.83. The average Bonchev–Trinajstić information content (AvgIpc) is 2.31. The van der Waals surface area contributed by atoms with Gasteiger partial charge in [-0.25, -0.2) is 4.39 Å². The Bertz CT molecular complexity index is 555. The fraction of sp³-hybridized carbons (Fsp3) is 0.0769. The van der Waals surface area contributed by atoms with Gasteiger partial charge in [-0.2, -0.15) is 0 Å². The molecule has 2 aromatic carbocycles. The van der Waals surface area contributed by atoms with Gasteiger partial charge < -0.3 is 9.84 Å². The predicted octanol–water partition coefficient (Wildman–Crippen LogP) is 3.86. The van der Waals surface area contributed by atoms with Crippen molar-refractivity contribution in [2.24, 2.45) is 0 Å². The minimum absolute atomic E-state index is 0.0127. The molecule has 0 amide bonds. The van der Waals surface area contributed by atoms with Gasteiger partial charge in [0, 0.05) is 11.6 Å². The first kappa shape index (κ1) is 11.7. The largest absolute Gasteiger partial charge is 0.508 e. The quantitative estimate of drug-likeness (QED) is 0.879. The molecule has 17 heavy (non-hydrogen) atoms. The molecule has 0 spiro atoms. The second kappa shape index (κ2) is 4.63. The van der Waals surface area contributed by atoms with Crippen LogP contribution in [0.3, 0.4) is 0 Å². The van der Waals surface area contributed by atoms with Crippen LogP contribution in [0.25, 0.3) is 11.1 Å². The second-order valence-corrected chi connectivity index (χ2v) is 3.93. The summed E-state index contributed by atoms with van der Waals surface area (Å²) in [6.45, 7) is 0. The van der Waals surface area contributed by atoms with Crippen LogP contribution in [0.2, 0.25) is 5.02 Å². The molecule has 0 radical (unpaired) electrons. The van der Waals surface area contributed by atoms with Gasteiger partial charge in [-0.1, -0.05) is 23.7 Å². The number of phenolic OH excluding ortho intramolecular Hbond substituents is 1. The molecule has 0 fully saturated rings. The second-order valence-electron chi connectivity index (χ2n) is 3.52. The molecule has 0 aliphatic carbocycles. The number of ether oxygens (including phenoxy) is 1. The number of halogens is 2. The van der Waals surface area contributed by atoms with Crippen LogP contribution in [0.4, 0.5) is 4.39 Å². The van der Waals surface area contributed by atoms with E-state index in [0.717, 1.165) is 0 Å². The summed E-state index contributed by atoms with van der Waals surface area (Å²) in [6.07, 6.45) is 0. The molecule has 0 bridgehead atoms. The fourth-order valence-electron chi connectivity index (χ4n) is 1.58. The summed E-state index contributed by atoms with van der Waals surface area (Å²) in [5, 5.41) is 9.56. The molecule has 0 aliphatic heterocycles. The molecule has 0 atom stereocenters. The van der Waals surface area contributed by atoms with Crippen molar-refractivity contribution in [3.05, 3.63) is 47.2 Å². The first-order valence-electron chi connectivity index (χ1n) is 4.94. The highest BCUT2D eigenvalue weighted by Crippen LogP contribution is 2.32. The maximum atomic E-state index is 13.8. The number of methoxy groups -OCH3 is 1. The Morgan fingerprint density at radius 2 is 2.00 bits per heavy atom. The van der Waals surface area contributed by atoms with E-state index in [1.807, 2.05) is 0 Å². The molecule has 88 valence electrons. The van der Waals surface area contributed by atoms with Crippen molar-refractivity contribution in [1.82, 2.24) is 0 Å². The van der Waals surface area contributed by atoms with Crippen molar-refractivity contribution in [2.45, 2.75) is 0 Å². The van der Waals surface area contributed by atoms with Crippen LogP contribution in [0.1, 0.15) is 0 Å². The van der Waals surface area contributed by atoms with E-state index in [1.54, 1.807) is 18.2 Å². The van der Waals surface area contributed by atoms with Crippen molar-refractivity contribution in [1.29, 1.82) is 0 Å². The van der Waals surface area contributed by atoms with Gasteiger partial charge in [-0.3, -0.25) is 0 Å². The minimum Gasteiger partial charge on any atom is -0.508 e. The number of aromatic hydroxyl groups is 1. The van der Waals surface area contributed by atoms with E-state index >= 15 is 0 Å². The molecule has 0 saturated heterocycles. The molecule has 0 aromatic heterocycles. The maximum absolute atomic E-state index is 13.8. The lowest BCUT2D eigenvalue weighted by Gasteiger charge is -2.08. The van der Waals surface area contributed by atoms with Crippen LogP contribution < -0.4 is 4.74 Å².